The minimum Gasteiger partial charge on any atom is -0.507 e. The van der Waals surface area contributed by atoms with Gasteiger partial charge >= 0.3 is 5.97 Å². The maximum absolute atomic E-state index is 12.3. The molecule has 6 nitrogen and oxygen atoms in total. The highest BCUT2D eigenvalue weighted by Gasteiger charge is 2.20. The van der Waals surface area contributed by atoms with Crippen molar-refractivity contribution in [2.75, 3.05) is 13.7 Å². The second-order valence-corrected chi connectivity index (χ2v) is 5.67. The molecule has 130 valence electrons. The average molecular weight is 334 g/mol. The number of aromatic hydroxyl groups is 1. The number of phenolic OH excluding ortho intramolecular Hbond substituents is 1. The number of aliphatic hydroxyl groups is 1. The molecule has 1 aliphatic rings. The van der Waals surface area contributed by atoms with Crippen molar-refractivity contribution in [2.24, 2.45) is 0 Å². The second kappa shape index (κ2) is 8.49. The van der Waals surface area contributed by atoms with Crippen LogP contribution in [0.4, 0.5) is 0 Å². The van der Waals surface area contributed by atoms with Gasteiger partial charge in [-0.15, -0.1) is 0 Å². The van der Waals surface area contributed by atoms with Crippen molar-refractivity contribution in [1.29, 1.82) is 0 Å². The van der Waals surface area contributed by atoms with E-state index in [-0.39, 0.29) is 23.7 Å². The van der Waals surface area contributed by atoms with Crippen LogP contribution in [0.5, 0.6) is 11.5 Å². The highest BCUT2D eigenvalue weighted by atomic mass is 16.5. The summed E-state index contributed by atoms with van der Waals surface area (Å²) in [5, 5.41) is 19.9. The average Bonchev–Trinajstić information content (AvgIpc) is 2.56. The Balaban J connectivity index is 2.26. The van der Waals surface area contributed by atoms with Gasteiger partial charge in [0.2, 0.25) is 0 Å². The fraction of sp³-hybridized carbons (Fsp3) is 0.444. The van der Waals surface area contributed by atoms with Crippen molar-refractivity contribution >= 4 is 11.8 Å². The molecule has 2 rings (SSSR count). The van der Waals surface area contributed by atoms with E-state index in [0.717, 1.165) is 0 Å². The predicted molar refractivity (Wildman–Crippen MR) is 87.3 cm³/mol. The molecule has 0 aromatic heterocycles. The minimum absolute atomic E-state index is 0.0869. The maximum Gasteiger partial charge on any atom is 0.342 e. The zero-order chi connectivity index (χ0) is 17.5. The van der Waals surface area contributed by atoms with E-state index < -0.39 is 12.1 Å². The van der Waals surface area contributed by atoms with Gasteiger partial charge in [0.05, 0.1) is 13.7 Å². The number of benzene rings is 1. The summed E-state index contributed by atoms with van der Waals surface area (Å²) in [7, 11) is 1.48. The van der Waals surface area contributed by atoms with Crippen molar-refractivity contribution in [3.8, 4) is 11.5 Å². The number of aliphatic hydroxyl groups excluding tert-OH is 1. The molecule has 1 unspecified atom stereocenters. The van der Waals surface area contributed by atoms with Gasteiger partial charge in [0, 0.05) is 6.07 Å². The molecule has 1 aromatic rings. The van der Waals surface area contributed by atoms with Crippen LogP contribution in [0.3, 0.4) is 0 Å². The van der Waals surface area contributed by atoms with Gasteiger partial charge in [-0.1, -0.05) is 12.5 Å². The Hall–Kier alpha value is -2.34. The van der Waals surface area contributed by atoms with Crippen LogP contribution in [0, 0.1) is 0 Å². The zero-order valence-electron chi connectivity index (χ0n) is 13.7. The lowest BCUT2D eigenvalue weighted by Crippen LogP contribution is -2.18. The summed E-state index contributed by atoms with van der Waals surface area (Å²) >= 11 is 0. The number of methoxy groups -OCH3 is 1. The largest absolute Gasteiger partial charge is 0.507 e. The van der Waals surface area contributed by atoms with Crippen LogP contribution in [-0.2, 0) is 16.0 Å². The first kappa shape index (κ1) is 18.0. The molecular formula is C18H22O6. The third-order valence-corrected chi connectivity index (χ3v) is 3.91. The van der Waals surface area contributed by atoms with Gasteiger partial charge < -0.3 is 19.7 Å². The molecule has 24 heavy (non-hydrogen) atoms. The highest BCUT2D eigenvalue weighted by Crippen LogP contribution is 2.30. The molecule has 0 spiro atoms. The van der Waals surface area contributed by atoms with Gasteiger partial charge in [-0.05, 0) is 43.4 Å². The van der Waals surface area contributed by atoms with Gasteiger partial charge in [-0.25, -0.2) is 4.79 Å². The van der Waals surface area contributed by atoms with Crippen molar-refractivity contribution < 1.29 is 29.3 Å². The molecule has 0 radical (unpaired) electrons. The van der Waals surface area contributed by atoms with E-state index in [1.54, 1.807) is 12.1 Å². The van der Waals surface area contributed by atoms with Crippen LogP contribution in [0.25, 0.3) is 0 Å². The first-order valence-corrected chi connectivity index (χ1v) is 7.98. The smallest absolute Gasteiger partial charge is 0.342 e. The highest BCUT2D eigenvalue weighted by molar-refractivity contribution is 5.94. The number of phenols is 1. The molecule has 1 aliphatic heterocycles. The summed E-state index contributed by atoms with van der Waals surface area (Å²) in [6.45, 7) is 0.0869. The summed E-state index contributed by atoms with van der Waals surface area (Å²) in [4.78, 5) is 23.9. The van der Waals surface area contributed by atoms with Gasteiger partial charge in [-0.2, -0.15) is 0 Å². The Labute approximate surface area is 140 Å². The Kier molecular flexibility index (Phi) is 6.37. The molecule has 0 saturated heterocycles. The number of fused-ring (bicyclic) bond motifs is 1. The van der Waals surface area contributed by atoms with Crippen LogP contribution in [-0.4, -0.2) is 41.8 Å². The van der Waals surface area contributed by atoms with E-state index in [9.17, 15) is 19.8 Å². The zero-order valence-corrected chi connectivity index (χ0v) is 13.7. The Morgan fingerprint density at radius 1 is 1.25 bits per heavy atom. The summed E-state index contributed by atoms with van der Waals surface area (Å²) < 4.78 is 10.3. The number of rotatable bonds is 1. The molecule has 0 saturated carbocycles. The van der Waals surface area contributed by atoms with Crippen LogP contribution in [0.1, 0.15) is 41.6 Å². The number of cyclic esters (lactones) is 1. The molecule has 6 heteroatoms. The van der Waals surface area contributed by atoms with E-state index >= 15 is 0 Å². The van der Waals surface area contributed by atoms with Crippen molar-refractivity contribution in [3.63, 3.8) is 0 Å². The number of ketones is 1. The fourth-order valence-corrected chi connectivity index (χ4v) is 2.61. The summed E-state index contributed by atoms with van der Waals surface area (Å²) in [6.07, 6.45) is 4.37. The lowest BCUT2D eigenvalue weighted by molar-refractivity contribution is -0.122. The van der Waals surface area contributed by atoms with Crippen LogP contribution < -0.4 is 4.74 Å². The predicted octanol–water partition coefficient (Wildman–Crippen LogP) is 2.16. The number of carbonyl (C=O) groups excluding carboxylic acids is 2. The standard InChI is InChI=1S/C18H22O6/c1-23-13-10-12-6-2-3-7-14(19)15(20)8-4-5-9-24-18(22)17(12)16(21)11-13/h4,8,10-11,14,19,21H,2-3,5-7,9H2,1H3/b8-4-. The molecule has 0 bridgehead atoms. The SMILES string of the molecule is COc1cc(O)c2c(c1)CCCCC(O)C(=O)/C=C\CCOC2=O. The van der Waals surface area contributed by atoms with Crippen LogP contribution >= 0.6 is 0 Å². The summed E-state index contributed by atoms with van der Waals surface area (Å²) in [5.41, 5.74) is 0.777. The summed E-state index contributed by atoms with van der Waals surface area (Å²) in [5.74, 6) is -0.648. The summed E-state index contributed by atoms with van der Waals surface area (Å²) in [6, 6.07) is 3.08. The topological polar surface area (TPSA) is 93.1 Å². The normalized spacial score (nSPS) is 21.3. The monoisotopic (exact) mass is 334 g/mol. The third kappa shape index (κ3) is 4.58. The van der Waals surface area contributed by atoms with Gasteiger partial charge in [0.15, 0.2) is 5.78 Å². The maximum atomic E-state index is 12.3. The second-order valence-electron chi connectivity index (χ2n) is 5.67. The fourth-order valence-electron chi connectivity index (χ4n) is 2.61. The number of hydrogen-bond acceptors (Lipinski definition) is 6. The van der Waals surface area contributed by atoms with E-state index in [1.165, 1.54) is 19.3 Å². The van der Waals surface area contributed by atoms with Crippen molar-refractivity contribution in [3.05, 3.63) is 35.4 Å². The first-order chi connectivity index (χ1) is 11.5. The number of aryl methyl sites for hydroxylation is 1. The Morgan fingerprint density at radius 3 is 2.79 bits per heavy atom. The Bertz CT molecular complexity index is 635. The van der Waals surface area contributed by atoms with Crippen LogP contribution in [0.15, 0.2) is 24.3 Å². The van der Waals surface area contributed by atoms with E-state index in [1.807, 2.05) is 0 Å². The minimum atomic E-state index is -1.01. The van der Waals surface area contributed by atoms with Gasteiger partial charge in [0.1, 0.15) is 23.2 Å². The lowest BCUT2D eigenvalue weighted by Gasteiger charge is -2.14. The van der Waals surface area contributed by atoms with Crippen LogP contribution in [0.2, 0.25) is 0 Å². The number of hydrogen-bond donors (Lipinski definition) is 2. The third-order valence-electron chi connectivity index (χ3n) is 3.91. The number of ether oxygens (including phenoxy) is 2. The first-order valence-electron chi connectivity index (χ1n) is 7.98. The molecule has 1 aromatic carbocycles. The van der Waals surface area contributed by atoms with E-state index in [4.69, 9.17) is 9.47 Å². The lowest BCUT2D eigenvalue weighted by atomic mass is 9.98. The van der Waals surface area contributed by atoms with Gasteiger partial charge in [0.25, 0.3) is 0 Å². The van der Waals surface area contributed by atoms with Gasteiger partial charge in [-0.3, -0.25) is 4.79 Å². The Morgan fingerprint density at radius 2 is 2.04 bits per heavy atom. The molecule has 2 N–H and O–H groups in total. The quantitative estimate of drug-likeness (QED) is 0.765. The van der Waals surface area contributed by atoms with Crippen molar-refractivity contribution in [2.45, 2.75) is 38.2 Å². The number of esters is 1. The molecule has 1 heterocycles. The molecule has 0 fully saturated rings. The van der Waals surface area contributed by atoms with Crippen molar-refractivity contribution in [1.82, 2.24) is 0 Å². The number of carbonyl (C=O) groups is 2. The molecule has 0 aliphatic carbocycles. The molecular weight excluding hydrogens is 312 g/mol. The molecule has 1 atom stereocenters. The van der Waals surface area contributed by atoms with E-state index in [2.05, 4.69) is 0 Å². The molecule has 0 amide bonds. The van der Waals surface area contributed by atoms with E-state index in [0.29, 0.717) is 43.4 Å².